The quantitative estimate of drug-likeness (QED) is 0.867. The van der Waals surface area contributed by atoms with E-state index in [4.69, 9.17) is 18.0 Å². The van der Waals surface area contributed by atoms with Crippen molar-refractivity contribution in [1.82, 2.24) is 0 Å². The van der Waals surface area contributed by atoms with Crippen LogP contribution in [-0.2, 0) is 0 Å². The Morgan fingerprint density at radius 3 is 2.65 bits per heavy atom. The zero-order valence-electron chi connectivity index (χ0n) is 9.95. The number of nitrogens with two attached hydrogens (primary N) is 1. The molecule has 1 aliphatic carbocycles. The molecule has 1 aliphatic rings. The van der Waals surface area contributed by atoms with Crippen LogP contribution in [-0.4, -0.2) is 18.1 Å². The summed E-state index contributed by atoms with van der Waals surface area (Å²) in [5.74, 6) is 0. The third kappa shape index (κ3) is 2.63. The highest BCUT2D eigenvalue weighted by molar-refractivity contribution is 9.10. The maximum atomic E-state index is 5.83. The fourth-order valence-electron chi connectivity index (χ4n) is 2.54. The Morgan fingerprint density at radius 2 is 2.06 bits per heavy atom. The smallest absolute Gasteiger partial charge is 0.107 e. The van der Waals surface area contributed by atoms with Crippen LogP contribution in [0.1, 0.15) is 31.2 Å². The minimum absolute atomic E-state index is 0.456. The van der Waals surface area contributed by atoms with Crippen LogP contribution in [0.4, 0.5) is 5.69 Å². The van der Waals surface area contributed by atoms with Crippen molar-refractivity contribution in [2.75, 3.05) is 11.9 Å². The minimum atomic E-state index is 0.456. The largest absolute Gasteiger partial charge is 0.389 e. The Kier molecular flexibility index (Phi) is 4.05. The number of hydrogen-bond acceptors (Lipinski definition) is 2. The second-order valence-corrected chi connectivity index (χ2v) is 5.84. The molecular formula is C13H17BrN2S. The molecule has 4 heteroatoms. The first-order valence-electron chi connectivity index (χ1n) is 5.92. The van der Waals surface area contributed by atoms with Gasteiger partial charge in [-0.2, -0.15) is 0 Å². The van der Waals surface area contributed by atoms with E-state index >= 15 is 0 Å². The van der Waals surface area contributed by atoms with Gasteiger partial charge in [0.25, 0.3) is 0 Å². The third-order valence-electron chi connectivity index (χ3n) is 3.49. The van der Waals surface area contributed by atoms with Gasteiger partial charge in [0.05, 0.1) is 0 Å². The summed E-state index contributed by atoms with van der Waals surface area (Å²) in [4.78, 5) is 2.78. The molecule has 0 unspecified atom stereocenters. The first-order valence-corrected chi connectivity index (χ1v) is 7.12. The van der Waals surface area contributed by atoms with Crippen molar-refractivity contribution < 1.29 is 0 Å². The molecule has 0 radical (unpaired) electrons. The molecule has 2 N–H and O–H groups in total. The fourth-order valence-corrected chi connectivity index (χ4v) is 3.45. The van der Waals surface area contributed by atoms with Gasteiger partial charge in [-0.1, -0.05) is 31.1 Å². The van der Waals surface area contributed by atoms with Gasteiger partial charge in [-0.05, 0) is 40.9 Å². The molecule has 1 aromatic rings. The highest BCUT2D eigenvalue weighted by Gasteiger charge is 2.22. The molecule has 0 bridgehead atoms. The van der Waals surface area contributed by atoms with Gasteiger partial charge in [0.15, 0.2) is 0 Å². The highest BCUT2D eigenvalue weighted by atomic mass is 79.9. The van der Waals surface area contributed by atoms with Crippen molar-refractivity contribution in [2.24, 2.45) is 5.73 Å². The summed E-state index contributed by atoms with van der Waals surface area (Å²) in [6, 6.07) is 6.74. The lowest BCUT2D eigenvalue weighted by Gasteiger charge is -2.28. The van der Waals surface area contributed by atoms with Gasteiger partial charge in [-0.3, -0.25) is 0 Å². The van der Waals surface area contributed by atoms with Crippen LogP contribution in [0, 0.1) is 0 Å². The van der Waals surface area contributed by atoms with E-state index in [-0.39, 0.29) is 0 Å². The van der Waals surface area contributed by atoms with E-state index in [1.165, 1.54) is 25.7 Å². The van der Waals surface area contributed by atoms with Crippen molar-refractivity contribution in [3.63, 3.8) is 0 Å². The molecule has 1 aromatic carbocycles. The minimum Gasteiger partial charge on any atom is -0.389 e. The molecule has 0 spiro atoms. The van der Waals surface area contributed by atoms with Crippen LogP contribution in [0.2, 0.25) is 0 Å². The molecule has 0 saturated heterocycles. The summed E-state index contributed by atoms with van der Waals surface area (Å²) in [5.41, 5.74) is 7.92. The summed E-state index contributed by atoms with van der Waals surface area (Å²) in [6.07, 6.45) is 5.18. The Balaban J connectivity index is 2.36. The average molecular weight is 313 g/mol. The van der Waals surface area contributed by atoms with Crippen LogP contribution in [0.15, 0.2) is 22.7 Å². The van der Waals surface area contributed by atoms with Gasteiger partial charge in [-0.15, -0.1) is 0 Å². The van der Waals surface area contributed by atoms with E-state index in [2.05, 4.69) is 33.9 Å². The van der Waals surface area contributed by atoms with E-state index < -0.39 is 0 Å². The summed E-state index contributed by atoms with van der Waals surface area (Å²) in [7, 11) is 2.14. The monoisotopic (exact) mass is 312 g/mol. The summed E-state index contributed by atoms with van der Waals surface area (Å²) in [6.45, 7) is 0. The van der Waals surface area contributed by atoms with Crippen molar-refractivity contribution in [3.05, 3.63) is 28.2 Å². The second-order valence-electron chi connectivity index (χ2n) is 4.55. The van der Waals surface area contributed by atoms with Crippen molar-refractivity contribution >= 4 is 38.8 Å². The van der Waals surface area contributed by atoms with E-state index in [9.17, 15) is 0 Å². The maximum absolute atomic E-state index is 5.83. The summed E-state index contributed by atoms with van der Waals surface area (Å²) in [5, 5.41) is 0. The Labute approximate surface area is 116 Å². The van der Waals surface area contributed by atoms with Crippen molar-refractivity contribution in [1.29, 1.82) is 0 Å². The van der Waals surface area contributed by atoms with Crippen LogP contribution in [0.5, 0.6) is 0 Å². The number of hydrogen-bond donors (Lipinski definition) is 1. The number of nitrogens with zero attached hydrogens (tertiary/aromatic N) is 1. The van der Waals surface area contributed by atoms with Crippen molar-refractivity contribution in [2.45, 2.75) is 31.7 Å². The maximum Gasteiger partial charge on any atom is 0.107 e. The summed E-state index contributed by atoms with van der Waals surface area (Å²) < 4.78 is 0.979. The molecule has 0 amide bonds. The van der Waals surface area contributed by atoms with Crippen LogP contribution >= 0.6 is 28.1 Å². The van der Waals surface area contributed by atoms with Crippen molar-refractivity contribution in [3.8, 4) is 0 Å². The van der Waals surface area contributed by atoms with E-state index in [0.29, 0.717) is 11.0 Å². The first-order chi connectivity index (χ1) is 8.11. The molecule has 1 fully saturated rings. The van der Waals surface area contributed by atoms with E-state index in [1.54, 1.807) is 0 Å². The number of thiocarbonyl (C=S) groups is 1. The fraction of sp³-hybridized carbons (Fsp3) is 0.462. The molecule has 2 rings (SSSR count). The van der Waals surface area contributed by atoms with Gasteiger partial charge in [0, 0.05) is 28.8 Å². The zero-order chi connectivity index (χ0) is 12.4. The SMILES string of the molecule is CN(c1cccc(Br)c1C(N)=S)C1CCCC1. The van der Waals surface area contributed by atoms with Gasteiger partial charge >= 0.3 is 0 Å². The number of anilines is 1. The highest BCUT2D eigenvalue weighted by Crippen LogP contribution is 2.32. The molecule has 0 heterocycles. The lowest BCUT2D eigenvalue weighted by Crippen LogP contribution is -2.31. The first kappa shape index (κ1) is 12.8. The third-order valence-corrected chi connectivity index (χ3v) is 4.36. The number of rotatable bonds is 3. The summed E-state index contributed by atoms with van der Waals surface area (Å²) >= 11 is 8.68. The molecule has 1 saturated carbocycles. The predicted molar refractivity (Wildman–Crippen MR) is 80.7 cm³/mol. The van der Waals surface area contributed by atoms with Gasteiger partial charge in [-0.25, -0.2) is 0 Å². The van der Waals surface area contributed by atoms with Crippen LogP contribution < -0.4 is 10.6 Å². The van der Waals surface area contributed by atoms with Gasteiger partial charge < -0.3 is 10.6 Å². The van der Waals surface area contributed by atoms with Gasteiger partial charge in [0.2, 0.25) is 0 Å². The molecule has 0 atom stereocenters. The van der Waals surface area contributed by atoms with Crippen LogP contribution in [0.25, 0.3) is 0 Å². The molecule has 92 valence electrons. The molecular weight excluding hydrogens is 296 g/mol. The van der Waals surface area contributed by atoms with E-state index in [1.807, 2.05) is 12.1 Å². The Hall–Kier alpha value is -0.610. The second kappa shape index (κ2) is 5.36. The molecule has 0 aromatic heterocycles. The Morgan fingerprint density at radius 1 is 1.41 bits per heavy atom. The normalized spacial score (nSPS) is 16.1. The molecule has 17 heavy (non-hydrogen) atoms. The lowest BCUT2D eigenvalue weighted by molar-refractivity contribution is 0.653. The van der Waals surface area contributed by atoms with Gasteiger partial charge in [0.1, 0.15) is 4.99 Å². The number of benzene rings is 1. The molecule has 0 aliphatic heterocycles. The predicted octanol–water partition coefficient (Wildman–Crippen LogP) is 3.46. The standard InChI is InChI=1S/C13H17BrN2S/c1-16(9-5-2-3-6-9)11-8-4-7-10(14)12(11)13(15)17/h4,7-9H,2-3,5-6H2,1H3,(H2,15,17). The average Bonchev–Trinajstić information content (AvgIpc) is 2.80. The van der Waals surface area contributed by atoms with Crippen LogP contribution in [0.3, 0.4) is 0 Å². The van der Waals surface area contributed by atoms with E-state index in [0.717, 1.165) is 15.7 Å². The topological polar surface area (TPSA) is 29.3 Å². The zero-order valence-corrected chi connectivity index (χ0v) is 12.4. The number of halogens is 1. The molecule has 2 nitrogen and oxygen atoms in total. The Bertz CT molecular complexity index is 427. The lowest BCUT2D eigenvalue weighted by atomic mass is 10.1.